The summed E-state index contributed by atoms with van der Waals surface area (Å²) < 4.78 is 0. The Balaban J connectivity index is 1.54. The number of rotatable bonds is 4. The molecule has 1 aromatic rings. The molecule has 2 aliphatic heterocycles. The van der Waals surface area contributed by atoms with Gasteiger partial charge in [-0.1, -0.05) is 18.2 Å². The van der Waals surface area contributed by atoms with Gasteiger partial charge in [0.2, 0.25) is 11.8 Å². The number of carboxylic acids is 1. The van der Waals surface area contributed by atoms with Crippen LogP contribution >= 0.6 is 0 Å². The third-order valence-corrected chi connectivity index (χ3v) is 4.71. The van der Waals surface area contributed by atoms with Crippen LogP contribution in [0.5, 0.6) is 0 Å². The SMILES string of the molecule is O=C(O)C1CCN(C(=O)CCC2Cc3ccccc3NC2=O)C1. The molecule has 2 heterocycles. The average Bonchev–Trinajstić information content (AvgIpc) is 3.03. The summed E-state index contributed by atoms with van der Waals surface area (Å²) in [5.41, 5.74) is 1.94. The number of hydrogen-bond donors (Lipinski definition) is 2. The van der Waals surface area contributed by atoms with Crippen molar-refractivity contribution in [1.29, 1.82) is 0 Å². The number of para-hydroxylation sites is 1. The number of carbonyl (C=O) groups is 3. The number of carboxylic acid groups (broad SMARTS) is 1. The molecule has 6 heteroatoms. The number of aliphatic carboxylic acids is 1. The fourth-order valence-corrected chi connectivity index (χ4v) is 3.29. The van der Waals surface area contributed by atoms with Gasteiger partial charge in [0.1, 0.15) is 0 Å². The number of amides is 2. The lowest BCUT2D eigenvalue weighted by Crippen LogP contribution is -2.33. The third kappa shape index (κ3) is 3.36. The van der Waals surface area contributed by atoms with E-state index in [-0.39, 0.29) is 30.7 Å². The predicted octanol–water partition coefficient (Wildman–Crippen LogP) is 1.51. The highest BCUT2D eigenvalue weighted by molar-refractivity contribution is 5.96. The standard InChI is InChI=1S/C17H20N2O4/c20-15(19-8-7-13(10-19)17(22)23)6-5-12-9-11-3-1-2-4-14(11)18-16(12)21/h1-4,12-13H,5-10H2,(H,18,21)(H,22,23). The zero-order valence-corrected chi connectivity index (χ0v) is 12.8. The quantitative estimate of drug-likeness (QED) is 0.881. The minimum Gasteiger partial charge on any atom is -0.481 e. The smallest absolute Gasteiger partial charge is 0.308 e. The van der Waals surface area contributed by atoms with E-state index in [1.165, 1.54) is 0 Å². The second-order valence-electron chi connectivity index (χ2n) is 6.25. The van der Waals surface area contributed by atoms with Crippen molar-refractivity contribution >= 4 is 23.5 Å². The molecule has 1 fully saturated rings. The van der Waals surface area contributed by atoms with Gasteiger partial charge in [-0.25, -0.2) is 0 Å². The molecule has 2 unspecified atom stereocenters. The Kier molecular flexibility index (Phi) is 4.32. The second-order valence-corrected chi connectivity index (χ2v) is 6.25. The number of nitrogens with zero attached hydrogens (tertiary/aromatic N) is 1. The van der Waals surface area contributed by atoms with Crippen LogP contribution < -0.4 is 5.32 Å². The molecule has 0 aliphatic carbocycles. The van der Waals surface area contributed by atoms with Crippen molar-refractivity contribution in [3.8, 4) is 0 Å². The van der Waals surface area contributed by atoms with Crippen LogP contribution in [0.4, 0.5) is 5.69 Å². The van der Waals surface area contributed by atoms with E-state index < -0.39 is 11.9 Å². The van der Waals surface area contributed by atoms with Gasteiger partial charge in [-0.15, -0.1) is 0 Å². The van der Waals surface area contributed by atoms with Gasteiger partial charge in [0.25, 0.3) is 0 Å². The summed E-state index contributed by atoms with van der Waals surface area (Å²) in [6, 6.07) is 7.69. The molecule has 122 valence electrons. The van der Waals surface area contributed by atoms with Crippen molar-refractivity contribution in [1.82, 2.24) is 4.90 Å². The summed E-state index contributed by atoms with van der Waals surface area (Å²) in [6.45, 7) is 0.781. The van der Waals surface area contributed by atoms with Crippen LogP contribution in [0.1, 0.15) is 24.8 Å². The first-order valence-electron chi connectivity index (χ1n) is 7.94. The highest BCUT2D eigenvalue weighted by Gasteiger charge is 2.32. The molecule has 2 N–H and O–H groups in total. The molecule has 0 spiro atoms. The highest BCUT2D eigenvalue weighted by atomic mass is 16.4. The van der Waals surface area contributed by atoms with Crippen molar-refractivity contribution in [2.24, 2.45) is 11.8 Å². The van der Waals surface area contributed by atoms with E-state index in [1.54, 1.807) is 4.90 Å². The van der Waals surface area contributed by atoms with E-state index in [4.69, 9.17) is 5.11 Å². The Hall–Kier alpha value is -2.37. The highest BCUT2D eigenvalue weighted by Crippen LogP contribution is 2.28. The lowest BCUT2D eigenvalue weighted by Gasteiger charge is -2.25. The van der Waals surface area contributed by atoms with Crippen LogP contribution in [-0.2, 0) is 20.8 Å². The van der Waals surface area contributed by atoms with E-state index in [2.05, 4.69) is 5.32 Å². The van der Waals surface area contributed by atoms with Gasteiger partial charge < -0.3 is 15.3 Å². The molecule has 3 rings (SSSR count). The van der Waals surface area contributed by atoms with E-state index in [9.17, 15) is 14.4 Å². The molecular formula is C17H20N2O4. The predicted molar refractivity (Wildman–Crippen MR) is 83.8 cm³/mol. The van der Waals surface area contributed by atoms with E-state index in [0.29, 0.717) is 25.8 Å². The molecule has 0 radical (unpaired) electrons. The van der Waals surface area contributed by atoms with Gasteiger partial charge in [0.05, 0.1) is 5.92 Å². The number of anilines is 1. The number of carbonyl (C=O) groups excluding carboxylic acids is 2. The topological polar surface area (TPSA) is 86.7 Å². The maximum absolute atomic E-state index is 12.2. The Bertz CT molecular complexity index is 643. The first kappa shape index (κ1) is 15.5. The van der Waals surface area contributed by atoms with Gasteiger partial charge in [0, 0.05) is 31.1 Å². The summed E-state index contributed by atoms with van der Waals surface area (Å²) >= 11 is 0. The summed E-state index contributed by atoms with van der Waals surface area (Å²) in [7, 11) is 0. The molecule has 2 aliphatic rings. The first-order valence-corrected chi connectivity index (χ1v) is 7.94. The molecular weight excluding hydrogens is 296 g/mol. The van der Waals surface area contributed by atoms with E-state index >= 15 is 0 Å². The van der Waals surface area contributed by atoms with Crippen LogP contribution in [0.25, 0.3) is 0 Å². The third-order valence-electron chi connectivity index (χ3n) is 4.71. The summed E-state index contributed by atoms with van der Waals surface area (Å²) in [4.78, 5) is 36.9. The Labute approximate surface area is 134 Å². The molecule has 6 nitrogen and oxygen atoms in total. The van der Waals surface area contributed by atoms with Gasteiger partial charge in [-0.3, -0.25) is 14.4 Å². The molecule has 1 saturated heterocycles. The molecule has 2 atom stereocenters. The lowest BCUT2D eigenvalue weighted by molar-refractivity contribution is -0.141. The normalized spacial score (nSPS) is 23.3. The summed E-state index contributed by atoms with van der Waals surface area (Å²) in [5.74, 6) is -1.60. The van der Waals surface area contributed by atoms with E-state index in [1.807, 2.05) is 24.3 Å². The van der Waals surface area contributed by atoms with Crippen molar-refractivity contribution in [3.63, 3.8) is 0 Å². The van der Waals surface area contributed by atoms with Gasteiger partial charge in [0.15, 0.2) is 0 Å². The monoisotopic (exact) mass is 316 g/mol. The fraction of sp³-hybridized carbons (Fsp3) is 0.471. The maximum Gasteiger partial charge on any atom is 0.308 e. The number of benzene rings is 1. The van der Waals surface area contributed by atoms with E-state index in [0.717, 1.165) is 11.3 Å². The van der Waals surface area contributed by atoms with Gasteiger partial charge >= 0.3 is 5.97 Å². The minimum absolute atomic E-state index is 0.0404. The Morgan fingerprint density at radius 1 is 1.30 bits per heavy atom. The number of fused-ring (bicyclic) bond motifs is 1. The second kappa shape index (κ2) is 6.40. The molecule has 0 bridgehead atoms. The van der Waals surface area contributed by atoms with Gasteiger partial charge in [-0.05, 0) is 30.9 Å². The zero-order valence-electron chi connectivity index (χ0n) is 12.8. The molecule has 23 heavy (non-hydrogen) atoms. The maximum atomic E-state index is 12.2. The minimum atomic E-state index is -0.844. The van der Waals surface area contributed by atoms with Crippen molar-refractivity contribution in [2.75, 3.05) is 18.4 Å². The van der Waals surface area contributed by atoms with Crippen molar-refractivity contribution in [2.45, 2.75) is 25.7 Å². The summed E-state index contributed by atoms with van der Waals surface area (Å²) in [6.07, 6.45) is 1.94. The molecule has 0 saturated carbocycles. The Morgan fingerprint density at radius 2 is 2.09 bits per heavy atom. The van der Waals surface area contributed by atoms with Crippen molar-refractivity contribution in [3.05, 3.63) is 29.8 Å². The van der Waals surface area contributed by atoms with Crippen LogP contribution in [-0.4, -0.2) is 40.9 Å². The van der Waals surface area contributed by atoms with Crippen LogP contribution in [0.15, 0.2) is 24.3 Å². The number of likely N-dealkylation sites (tertiary alicyclic amines) is 1. The van der Waals surface area contributed by atoms with Crippen LogP contribution in [0, 0.1) is 11.8 Å². The largest absolute Gasteiger partial charge is 0.481 e. The summed E-state index contributed by atoms with van der Waals surface area (Å²) in [5, 5.41) is 11.9. The average molecular weight is 316 g/mol. The zero-order chi connectivity index (χ0) is 16.4. The molecule has 1 aromatic carbocycles. The van der Waals surface area contributed by atoms with Crippen molar-refractivity contribution < 1.29 is 19.5 Å². The first-order chi connectivity index (χ1) is 11.0. The van der Waals surface area contributed by atoms with Crippen LogP contribution in [0.2, 0.25) is 0 Å². The van der Waals surface area contributed by atoms with Crippen LogP contribution in [0.3, 0.4) is 0 Å². The molecule has 2 amide bonds. The fourth-order valence-electron chi connectivity index (χ4n) is 3.29. The molecule has 0 aromatic heterocycles. The number of nitrogens with one attached hydrogen (secondary N) is 1. The Morgan fingerprint density at radius 3 is 2.83 bits per heavy atom. The lowest BCUT2D eigenvalue weighted by atomic mass is 9.89. The number of hydrogen-bond acceptors (Lipinski definition) is 3. The van der Waals surface area contributed by atoms with Gasteiger partial charge in [-0.2, -0.15) is 0 Å².